The van der Waals surface area contributed by atoms with Crippen molar-refractivity contribution in [3.8, 4) is 0 Å². The van der Waals surface area contributed by atoms with E-state index in [1.807, 2.05) is 0 Å². The second-order valence-electron chi connectivity index (χ2n) is 7.76. The van der Waals surface area contributed by atoms with Crippen LogP contribution in [-0.2, 0) is 9.47 Å². The Morgan fingerprint density at radius 1 is 1.12 bits per heavy atom. The summed E-state index contributed by atoms with van der Waals surface area (Å²) >= 11 is 0. The zero-order valence-corrected chi connectivity index (χ0v) is 14.4. The van der Waals surface area contributed by atoms with Crippen molar-refractivity contribution >= 4 is 0 Å². The Morgan fingerprint density at radius 3 is 2.29 bits per heavy atom. The monoisotopic (exact) mass is 350 g/mol. The lowest BCUT2D eigenvalue weighted by Crippen LogP contribution is -2.61. The maximum atomic E-state index is 10.1. The van der Waals surface area contributed by atoms with Crippen molar-refractivity contribution in [1.29, 1.82) is 0 Å². The van der Waals surface area contributed by atoms with Crippen molar-refractivity contribution in [1.82, 2.24) is 0 Å². The lowest BCUT2D eigenvalue weighted by atomic mass is 9.71. The Hall–Kier alpha value is -0.320. The van der Waals surface area contributed by atoms with Crippen LogP contribution in [0.5, 0.6) is 0 Å². The van der Waals surface area contributed by atoms with Crippen LogP contribution in [0.4, 0.5) is 0 Å². The van der Waals surface area contributed by atoms with Crippen molar-refractivity contribution < 1.29 is 40.1 Å². The molecule has 1 saturated heterocycles. The van der Waals surface area contributed by atoms with E-state index in [2.05, 4.69) is 0 Å². The number of hydrogen-bond acceptors (Lipinski definition) is 8. The number of hydrogen-bond donors (Lipinski definition) is 6. The lowest BCUT2D eigenvalue weighted by molar-refractivity contribution is -0.330. The second kappa shape index (κ2) is 7.13. The first-order valence-corrected chi connectivity index (χ1v) is 8.38. The first-order chi connectivity index (χ1) is 11.0. The van der Waals surface area contributed by atoms with E-state index in [4.69, 9.17) is 9.47 Å². The van der Waals surface area contributed by atoms with Gasteiger partial charge in [0, 0.05) is 0 Å². The van der Waals surface area contributed by atoms with Crippen LogP contribution < -0.4 is 0 Å². The van der Waals surface area contributed by atoms with Crippen LogP contribution >= 0.6 is 0 Å². The van der Waals surface area contributed by atoms with Crippen LogP contribution in [-0.4, -0.2) is 85.3 Å². The largest absolute Gasteiger partial charge is 0.394 e. The smallest absolute Gasteiger partial charge is 0.187 e. The van der Waals surface area contributed by atoms with Gasteiger partial charge in [0.15, 0.2) is 6.29 Å². The van der Waals surface area contributed by atoms with Gasteiger partial charge in [0.25, 0.3) is 0 Å². The molecule has 0 aromatic heterocycles. The molecule has 0 radical (unpaired) electrons. The predicted octanol–water partition coefficient (Wildman–Crippen LogP) is -1.51. The van der Waals surface area contributed by atoms with E-state index in [1.165, 1.54) is 0 Å². The van der Waals surface area contributed by atoms with Gasteiger partial charge in [-0.3, -0.25) is 0 Å². The third-order valence-electron chi connectivity index (χ3n) is 5.48. The standard InChI is InChI=1S/C16H30O8/c1-15(2,8-4-5-16(3,22)10(18)6-8)24-14-13(21)12(20)11(19)9(7-17)23-14/h8-14,17-22H,4-7H2,1-3H3/t8-,9-,10-,11-,12+,13-,14+,16-/m1/s1. The Morgan fingerprint density at radius 2 is 1.75 bits per heavy atom. The van der Waals surface area contributed by atoms with Crippen molar-refractivity contribution in [2.45, 2.75) is 88.0 Å². The molecule has 1 heterocycles. The first kappa shape index (κ1) is 20.0. The average Bonchev–Trinajstić information content (AvgIpc) is 2.50. The normalized spacial score (nSPS) is 47.6. The van der Waals surface area contributed by atoms with Gasteiger partial charge in [-0.1, -0.05) is 0 Å². The molecule has 2 aliphatic rings. The van der Waals surface area contributed by atoms with E-state index in [-0.39, 0.29) is 5.92 Å². The molecule has 142 valence electrons. The van der Waals surface area contributed by atoms with Gasteiger partial charge in [-0.05, 0) is 46.0 Å². The minimum absolute atomic E-state index is 0.0971. The minimum atomic E-state index is -1.49. The summed E-state index contributed by atoms with van der Waals surface area (Å²) in [5.74, 6) is -0.0971. The van der Waals surface area contributed by atoms with Gasteiger partial charge in [0.2, 0.25) is 0 Å². The topological polar surface area (TPSA) is 140 Å². The molecule has 1 saturated carbocycles. The molecule has 0 bridgehead atoms. The molecule has 2 rings (SSSR count). The van der Waals surface area contributed by atoms with Crippen LogP contribution in [0.15, 0.2) is 0 Å². The van der Waals surface area contributed by atoms with Crippen LogP contribution in [0, 0.1) is 5.92 Å². The second-order valence-corrected chi connectivity index (χ2v) is 7.76. The Labute approximate surface area is 141 Å². The fraction of sp³-hybridized carbons (Fsp3) is 1.00. The highest BCUT2D eigenvalue weighted by Crippen LogP contribution is 2.40. The van der Waals surface area contributed by atoms with Crippen molar-refractivity contribution in [2.75, 3.05) is 6.61 Å². The molecule has 0 unspecified atom stereocenters. The van der Waals surface area contributed by atoms with Gasteiger partial charge in [0.05, 0.1) is 23.9 Å². The fourth-order valence-electron chi connectivity index (χ4n) is 3.47. The van der Waals surface area contributed by atoms with Gasteiger partial charge < -0.3 is 40.1 Å². The van der Waals surface area contributed by atoms with E-state index in [1.54, 1.807) is 20.8 Å². The molecule has 24 heavy (non-hydrogen) atoms. The highest BCUT2D eigenvalue weighted by atomic mass is 16.7. The van der Waals surface area contributed by atoms with Gasteiger partial charge in [-0.2, -0.15) is 0 Å². The third-order valence-corrected chi connectivity index (χ3v) is 5.48. The Balaban J connectivity index is 2.05. The van der Waals surface area contributed by atoms with Crippen molar-refractivity contribution in [3.63, 3.8) is 0 Å². The van der Waals surface area contributed by atoms with Crippen LogP contribution in [0.1, 0.15) is 40.0 Å². The number of aliphatic hydroxyl groups excluding tert-OH is 5. The van der Waals surface area contributed by atoms with E-state index in [9.17, 15) is 30.6 Å². The molecule has 8 nitrogen and oxygen atoms in total. The molecule has 8 heteroatoms. The zero-order valence-electron chi connectivity index (χ0n) is 14.4. The number of aliphatic hydroxyl groups is 6. The summed E-state index contributed by atoms with van der Waals surface area (Å²) in [7, 11) is 0. The SMILES string of the molecule is CC(C)(O[C@@H]1O[C@H](CO)[C@@H](O)[C@H](O)[C@H]1O)[C@@H]1CC[C@@](C)(O)[C@H](O)C1. The maximum Gasteiger partial charge on any atom is 0.187 e. The minimum Gasteiger partial charge on any atom is -0.394 e. The average molecular weight is 350 g/mol. The summed E-state index contributed by atoms with van der Waals surface area (Å²) in [4.78, 5) is 0. The van der Waals surface area contributed by atoms with Gasteiger partial charge in [-0.15, -0.1) is 0 Å². The quantitative estimate of drug-likeness (QED) is 0.360. The lowest BCUT2D eigenvalue weighted by Gasteiger charge is -2.47. The molecular formula is C16H30O8. The van der Waals surface area contributed by atoms with Crippen molar-refractivity contribution in [2.24, 2.45) is 5.92 Å². The zero-order chi connectivity index (χ0) is 18.3. The molecule has 0 amide bonds. The maximum absolute atomic E-state index is 10.1. The Kier molecular flexibility index (Phi) is 5.94. The molecule has 1 aliphatic carbocycles. The summed E-state index contributed by atoms with van der Waals surface area (Å²) in [5.41, 5.74) is -1.94. The molecular weight excluding hydrogens is 320 g/mol. The number of ether oxygens (including phenoxy) is 2. The van der Waals surface area contributed by atoms with E-state index in [0.717, 1.165) is 0 Å². The summed E-state index contributed by atoms with van der Waals surface area (Å²) in [6.45, 7) is 4.65. The van der Waals surface area contributed by atoms with Crippen molar-refractivity contribution in [3.05, 3.63) is 0 Å². The van der Waals surface area contributed by atoms with Crippen LogP contribution in [0.25, 0.3) is 0 Å². The molecule has 0 aromatic rings. The summed E-state index contributed by atoms with van der Waals surface area (Å²) in [6, 6.07) is 0. The van der Waals surface area contributed by atoms with Crippen LogP contribution in [0.2, 0.25) is 0 Å². The third kappa shape index (κ3) is 3.91. The highest BCUT2D eigenvalue weighted by molar-refractivity contribution is 4.96. The fourth-order valence-corrected chi connectivity index (χ4v) is 3.47. The molecule has 8 atom stereocenters. The van der Waals surface area contributed by atoms with E-state index < -0.39 is 54.6 Å². The van der Waals surface area contributed by atoms with Gasteiger partial charge in [-0.25, -0.2) is 0 Å². The van der Waals surface area contributed by atoms with E-state index >= 15 is 0 Å². The first-order valence-electron chi connectivity index (χ1n) is 8.38. The molecule has 0 aromatic carbocycles. The Bertz CT molecular complexity index is 424. The predicted molar refractivity (Wildman–Crippen MR) is 82.9 cm³/mol. The highest BCUT2D eigenvalue weighted by Gasteiger charge is 2.48. The molecule has 0 spiro atoms. The molecule has 2 fully saturated rings. The van der Waals surface area contributed by atoms with Crippen LogP contribution in [0.3, 0.4) is 0 Å². The summed E-state index contributed by atoms with van der Waals surface area (Å²) in [5, 5.41) is 59.1. The molecule has 6 N–H and O–H groups in total. The summed E-state index contributed by atoms with van der Waals surface area (Å²) < 4.78 is 11.2. The summed E-state index contributed by atoms with van der Waals surface area (Å²) in [6.07, 6.45) is -6.13. The van der Waals surface area contributed by atoms with Gasteiger partial charge in [0.1, 0.15) is 24.4 Å². The molecule has 1 aliphatic heterocycles. The van der Waals surface area contributed by atoms with Gasteiger partial charge >= 0.3 is 0 Å². The van der Waals surface area contributed by atoms with E-state index in [0.29, 0.717) is 19.3 Å². The number of rotatable bonds is 4.